The Balaban J connectivity index is 3.49. The van der Waals surface area contributed by atoms with Crippen LogP contribution in [0.1, 0.15) is 59.6 Å². The quantitative estimate of drug-likeness (QED) is 0.496. The third-order valence-corrected chi connectivity index (χ3v) is 3.27. The molecule has 116 valence electrons. The van der Waals surface area contributed by atoms with Crippen molar-refractivity contribution in [2.24, 2.45) is 0 Å². The number of benzene rings is 1. The second-order valence-electron chi connectivity index (χ2n) is 7.54. The molecule has 0 aliphatic carbocycles. The van der Waals surface area contributed by atoms with Crippen molar-refractivity contribution >= 4 is 5.97 Å². The molecule has 0 aromatic heterocycles. The van der Waals surface area contributed by atoms with Crippen LogP contribution in [0.15, 0.2) is 24.3 Å². The molecule has 3 heteroatoms. The highest BCUT2D eigenvalue weighted by Gasteiger charge is 2.26. The number of ether oxygens (including phenoxy) is 1. The first-order valence-corrected chi connectivity index (χ1v) is 7.09. The van der Waals surface area contributed by atoms with Crippen LogP contribution < -0.4 is 4.74 Å². The highest BCUT2D eigenvalue weighted by atomic mass is 16.5. The fourth-order valence-electron chi connectivity index (χ4n) is 2.03. The van der Waals surface area contributed by atoms with Crippen molar-refractivity contribution in [3.63, 3.8) is 0 Å². The SMILES string of the molecule is C=C(C)C(=O)Oc1cc(C(C)(C)C)c(O)cc1C(C)(C)C. The van der Waals surface area contributed by atoms with Gasteiger partial charge in [-0.05, 0) is 29.9 Å². The average molecular weight is 290 g/mol. The Morgan fingerprint density at radius 1 is 1.05 bits per heavy atom. The first-order valence-electron chi connectivity index (χ1n) is 7.09. The molecule has 0 heterocycles. The van der Waals surface area contributed by atoms with Crippen molar-refractivity contribution in [3.05, 3.63) is 35.4 Å². The summed E-state index contributed by atoms with van der Waals surface area (Å²) >= 11 is 0. The summed E-state index contributed by atoms with van der Waals surface area (Å²) in [7, 11) is 0. The van der Waals surface area contributed by atoms with E-state index in [0.717, 1.165) is 11.1 Å². The topological polar surface area (TPSA) is 46.5 Å². The van der Waals surface area contributed by atoms with Gasteiger partial charge in [-0.2, -0.15) is 0 Å². The molecule has 0 saturated carbocycles. The van der Waals surface area contributed by atoms with Crippen molar-refractivity contribution in [2.45, 2.75) is 59.3 Å². The van der Waals surface area contributed by atoms with E-state index < -0.39 is 5.97 Å². The maximum atomic E-state index is 11.9. The van der Waals surface area contributed by atoms with Gasteiger partial charge < -0.3 is 9.84 Å². The van der Waals surface area contributed by atoms with Gasteiger partial charge in [0.1, 0.15) is 11.5 Å². The van der Waals surface area contributed by atoms with Crippen LogP contribution in [0.4, 0.5) is 0 Å². The zero-order valence-corrected chi connectivity index (χ0v) is 14.1. The summed E-state index contributed by atoms with van der Waals surface area (Å²) in [6.07, 6.45) is 0. The third-order valence-electron chi connectivity index (χ3n) is 3.27. The number of rotatable bonds is 2. The molecule has 0 aliphatic heterocycles. The molecule has 0 bridgehead atoms. The van der Waals surface area contributed by atoms with Crippen LogP contribution in [-0.2, 0) is 15.6 Å². The molecule has 0 amide bonds. The molecular weight excluding hydrogens is 264 g/mol. The Bertz CT molecular complexity index is 569. The Hall–Kier alpha value is -1.77. The lowest BCUT2D eigenvalue weighted by Crippen LogP contribution is -2.19. The standard InChI is InChI=1S/C18H26O3/c1-11(2)16(20)21-15-10-12(17(3,4)5)14(19)9-13(15)18(6,7)8/h9-10,19H,1H2,2-8H3. The van der Waals surface area contributed by atoms with Crippen LogP contribution in [0.3, 0.4) is 0 Å². The van der Waals surface area contributed by atoms with Gasteiger partial charge in [-0.1, -0.05) is 48.1 Å². The largest absolute Gasteiger partial charge is 0.508 e. The number of carbonyl (C=O) groups is 1. The minimum atomic E-state index is -0.453. The predicted octanol–water partition coefficient (Wildman–Crippen LogP) is 4.47. The summed E-state index contributed by atoms with van der Waals surface area (Å²) in [6, 6.07) is 3.46. The lowest BCUT2D eigenvalue weighted by atomic mass is 9.81. The summed E-state index contributed by atoms with van der Waals surface area (Å²) in [6.45, 7) is 17.3. The fourth-order valence-corrected chi connectivity index (χ4v) is 2.03. The molecule has 3 nitrogen and oxygen atoms in total. The second kappa shape index (κ2) is 5.55. The lowest BCUT2D eigenvalue weighted by Gasteiger charge is -2.27. The van der Waals surface area contributed by atoms with Gasteiger partial charge in [0.05, 0.1) is 0 Å². The molecule has 0 spiro atoms. The molecule has 1 rings (SSSR count). The maximum absolute atomic E-state index is 11.9. The van der Waals surface area contributed by atoms with Gasteiger partial charge in [0.15, 0.2) is 0 Å². The number of phenols is 1. The molecule has 1 aromatic carbocycles. The number of hydrogen-bond acceptors (Lipinski definition) is 3. The summed E-state index contributed by atoms with van der Waals surface area (Å²) in [5.41, 5.74) is 1.39. The molecule has 0 saturated heterocycles. The number of hydrogen-bond donors (Lipinski definition) is 1. The normalized spacial score (nSPS) is 12.1. The van der Waals surface area contributed by atoms with Crippen LogP contribution in [0, 0.1) is 0 Å². The molecule has 0 fully saturated rings. The zero-order valence-electron chi connectivity index (χ0n) is 14.1. The van der Waals surface area contributed by atoms with Crippen LogP contribution in [0.2, 0.25) is 0 Å². The van der Waals surface area contributed by atoms with E-state index in [-0.39, 0.29) is 16.6 Å². The minimum absolute atomic E-state index is 0.225. The van der Waals surface area contributed by atoms with E-state index in [4.69, 9.17) is 4.74 Å². The van der Waals surface area contributed by atoms with Crippen LogP contribution in [0.25, 0.3) is 0 Å². The lowest BCUT2D eigenvalue weighted by molar-refractivity contribution is -0.130. The molecule has 21 heavy (non-hydrogen) atoms. The highest BCUT2D eigenvalue weighted by Crippen LogP contribution is 2.40. The van der Waals surface area contributed by atoms with Gasteiger partial charge in [-0.15, -0.1) is 0 Å². The number of phenolic OH excluding ortho intramolecular Hbond substituents is 1. The van der Waals surface area contributed by atoms with Gasteiger partial charge in [-0.3, -0.25) is 0 Å². The number of esters is 1. The van der Waals surface area contributed by atoms with Gasteiger partial charge in [0.25, 0.3) is 0 Å². The zero-order chi connectivity index (χ0) is 16.6. The van der Waals surface area contributed by atoms with E-state index in [1.807, 2.05) is 41.5 Å². The van der Waals surface area contributed by atoms with Gasteiger partial charge in [0, 0.05) is 16.7 Å². The Morgan fingerprint density at radius 3 is 1.90 bits per heavy atom. The molecular formula is C18H26O3. The van der Waals surface area contributed by atoms with Gasteiger partial charge >= 0.3 is 5.97 Å². The van der Waals surface area contributed by atoms with E-state index in [1.165, 1.54) is 0 Å². The fraction of sp³-hybridized carbons (Fsp3) is 0.500. The third kappa shape index (κ3) is 4.10. The van der Waals surface area contributed by atoms with Crippen molar-refractivity contribution in [2.75, 3.05) is 0 Å². The summed E-state index contributed by atoms with van der Waals surface area (Å²) in [5.74, 6) is 0.256. The monoisotopic (exact) mass is 290 g/mol. The first-order chi connectivity index (χ1) is 9.34. The van der Waals surface area contributed by atoms with E-state index in [0.29, 0.717) is 11.3 Å². The highest BCUT2D eigenvalue weighted by molar-refractivity contribution is 5.89. The molecule has 1 N–H and O–H groups in total. The first kappa shape index (κ1) is 17.3. The smallest absolute Gasteiger partial charge is 0.338 e. The van der Waals surface area contributed by atoms with E-state index in [1.54, 1.807) is 19.1 Å². The Labute approximate surface area is 127 Å². The summed E-state index contributed by atoms with van der Waals surface area (Å²) in [4.78, 5) is 11.9. The van der Waals surface area contributed by atoms with Crippen LogP contribution in [-0.4, -0.2) is 11.1 Å². The summed E-state index contributed by atoms with van der Waals surface area (Å²) < 4.78 is 5.47. The minimum Gasteiger partial charge on any atom is -0.508 e. The molecule has 1 aromatic rings. The van der Waals surface area contributed by atoms with E-state index >= 15 is 0 Å². The van der Waals surface area contributed by atoms with E-state index in [2.05, 4.69) is 6.58 Å². The molecule has 0 atom stereocenters. The van der Waals surface area contributed by atoms with Crippen molar-refractivity contribution in [3.8, 4) is 11.5 Å². The Kier molecular flexibility index (Phi) is 4.57. The van der Waals surface area contributed by atoms with Crippen molar-refractivity contribution < 1.29 is 14.6 Å². The molecule has 0 unspecified atom stereocenters. The van der Waals surface area contributed by atoms with Gasteiger partial charge in [-0.25, -0.2) is 4.79 Å². The second-order valence-corrected chi connectivity index (χ2v) is 7.54. The van der Waals surface area contributed by atoms with Crippen molar-refractivity contribution in [1.82, 2.24) is 0 Å². The summed E-state index contributed by atoms with van der Waals surface area (Å²) in [5, 5.41) is 10.3. The number of aromatic hydroxyl groups is 1. The maximum Gasteiger partial charge on any atom is 0.338 e. The van der Waals surface area contributed by atoms with E-state index in [9.17, 15) is 9.90 Å². The predicted molar refractivity (Wildman–Crippen MR) is 86.0 cm³/mol. The molecule has 0 radical (unpaired) electrons. The van der Waals surface area contributed by atoms with Gasteiger partial charge in [0.2, 0.25) is 0 Å². The van der Waals surface area contributed by atoms with Crippen LogP contribution in [0.5, 0.6) is 11.5 Å². The van der Waals surface area contributed by atoms with Crippen molar-refractivity contribution in [1.29, 1.82) is 0 Å². The number of carbonyl (C=O) groups excluding carboxylic acids is 1. The Morgan fingerprint density at radius 2 is 1.52 bits per heavy atom. The molecule has 0 aliphatic rings. The van der Waals surface area contributed by atoms with Crippen LogP contribution >= 0.6 is 0 Å². The average Bonchev–Trinajstić information content (AvgIpc) is 2.27.